The van der Waals surface area contributed by atoms with Gasteiger partial charge >= 0.3 is 0 Å². The van der Waals surface area contributed by atoms with Gasteiger partial charge < -0.3 is 10.2 Å². The molecule has 2 fully saturated rings. The molecule has 2 heterocycles. The van der Waals surface area contributed by atoms with Crippen molar-refractivity contribution in [3.05, 3.63) is 29.6 Å². The van der Waals surface area contributed by atoms with Crippen LogP contribution in [-0.2, 0) is 16.1 Å². The van der Waals surface area contributed by atoms with E-state index in [9.17, 15) is 9.59 Å². The van der Waals surface area contributed by atoms with Crippen LogP contribution in [0.25, 0.3) is 0 Å². The minimum absolute atomic E-state index is 0.0189. The number of hydrogen-bond acceptors (Lipinski definition) is 3. The van der Waals surface area contributed by atoms with E-state index < -0.39 is 0 Å². The first-order chi connectivity index (χ1) is 10.1. The fourth-order valence-corrected chi connectivity index (χ4v) is 3.03. The second kappa shape index (κ2) is 5.47. The lowest BCUT2D eigenvalue weighted by molar-refractivity contribution is -0.150. The van der Waals surface area contributed by atoms with E-state index in [1.807, 2.05) is 19.9 Å². The summed E-state index contributed by atoms with van der Waals surface area (Å²) < 4.78 is 0. The smallest absolute Gasteiger partial charge is 0.246 e. The third-order valence-electron chi connectivity index (χ3n) is 4.29. The largest absolute Gasteiger partial charge is 0.342 e. The van der Waals surface area contributed by atoms with Gasteiger partial charge in [-0.3, -0.25) is 14.6 Å². The monoisotopic (exact) mass is 287 g/mol. The lowest BCUT2D eigenvalue weighted by atomic mass is 10.0. The van der Waals surface area contributed by atoms with E-state index in [4.69, 9.17) is 0 Å². The van der Waals surface area contributed by atoms with Crippen LogP contribution in [0, 0.1) is 12.8 Å². The molecule has 0 radical (unpaired) electrons. The highest BCUT2D eigenvalue weighted by atomic mass is 16.2. The highest BCUT2D eigenvalue weighted by molar-refractivity contribution is 5.97. The molecule has 5 nitrogen and oxygen atoms in total. The molecule has 1 aliphatic heterocycles. The highest BCUT2D eigenvalue weighted by Gasteiger charge is 2.46. The van der Waals surface area contributed by atoms with Crippen molar-refractivity contribution in [1.29, 1.82) is 0 Å². The van der Waals surface area contributed by atoms with Crippen LogP contribution in [0.5, 0.6) is 0 Å². The normalized spacial score (nSPS) is 25.9. The van der Waals surface area contributed by atoms with Crippen molar-refractivity contribution in [3.63, 3.8) is 0 Å². The molecule has 2 atom stereocenters. The Morgan fingerprint density at radius 3 is 2.71 bits per heavy atom. The van der Waals surface area contributed by atoms with Gasteiger partial charge in [-0.2, -0.15) is 0 Å². The number of hydrogen-bond donors (Lipinski definition) is 1. The number of piperazine rings is 1. The van der Waals surface area contributed by atoms with Gasteiger partial charge in [-0.1, -0.05) is 13.0 Å². The quantitative estimate of drug-likeness (QED) is 0.910. The molecule has 3 rings (SSSR count). The molecular formula is C16H21N3O2. The predicted molar refractivity (Wildman–Crippen MR) is 78.3 cm³/mol. The number of aromatic nitrogens is 1. The maximum absolute atomic E-state index is 12.7. The summed E-state index contributed by atoms with van der Waals surface area (Å²) in [7, 11) is 0. The van der Waals surface area contributed by atoms with E-state index in [0.29, 0.717) is 18.9 Å². The molecule has 2 unspecified atom stereocenters. The SMILES string of the molecule is CCC1C(=O)NC(C2CC2)C(=O)N1Cc1cncc(C)c1. The first-order valence-corrected chi connectivity index (χ1v) is 7.61. The molecular weight excluding hydrogens is 266 g/mol. The van der Waals surface area contributed by atoms with Gasteiger partial charge in [0, 0.05) is 18.9 Å². The number of aryl methyl sites for hydroxylation is 1. The number of rotatable bonds is 4. The van der Waals surface area contributed by atoms with Crippen molar-refractivity contribution < 1.29 is 9.59 Å². The standard InChI is InChI=1S/C16H21N3O2/c1-3-13-15(20)18-14(12-4-5-12)16(21)19(13)9-11-6-10(2)7-17-8-11/h6-8,12-14H,3-5,9H2,1-2H3,(H,18,20). The molecule has 1 saturated carbocycles. The molecule has 2 amide bonds. The lowest BCUT2D eigenvalue weighted by Crippen LogP contribution is -2.63. The first kappa shape index (κ1) is 14.0. The molecule has 21 heavy (non-hydrogen) atoms. The zero-order valence-corrected chi connectivity index (χ0v) is 12.5. The van der Waals surface area contributed by atoms with Crippen molar-refractivity contribution in [1.82, 2.24) is 15.2 Å². The van der Waals surface area contributed by atoms with E-state index in [0.717, 1.165) is 24.0 Å². The number of pyridine rings is 1. The summed E-state index contributed by atoms with van der Waals surface area (Å²) in [5, 5.41) is 2.91. The van der Waals surface area contributed by atoms with Crippen molar-refractivity contribution >= 4 is 11.8 Å². The van der Waals surface area contributed by atoms with Crippen LogP contribution in [-0.4, -0.2) is 33.8 Å². The summed E-state index contributed by atoms with van der Waals surface area (Å²) in [5.41, 5.74) is 2.04. The molecule has 1 aromatic heterocycles. The predicted octanol–water partition coefficient (Wildman–Crippen LogP) is 1.41. The second-order valence-electron chi connectivity index (χ2n) is 6.08. The van der Waals surface area contributed by atoms with Gasteiger partial charge in [0.25, 0.3) is 0 Å². The Hall–Kier alpha value is -1.91. The average molecular weight is 287 g/mol. The van der Waals surface area contributed by atoms with Crippen LogP contribution in [0.3, 0.4) is 0 Å². The highest BCUT2D eigenvalue weighted by Crippen LogP contribution is 2.35. The van der Waals surface area contributed by atoms with Crippen LogP contribution in [0.15, 0.2) is 18.5 Å². The molecule has 2 aliphatic rings. The summed E-state index contributed by atoms with van der Waals surface area (Å²) in [6, 6.07) is 1.33. The molecule has 1 aliphatic carbocycles. The first-order valence-electron chi connectivity index (χ1n) is 7.61. The van der Waals surface area contributed by atoms with Crippen LogP contribution in [0.1, 0.15) is 37.3 Å². The van der Waals surface area contributed by atoms with E-state index in [2.05, 4.69) is 10.3 Å². The number of carbonyl (C=O) groups excluding carboxylic acids is 2. The summed E-state index contributed by atoms with van der Waals surface area (Å²) in [4.78, 5) is 30.9. The third-order valence-corrected chi connectivity index (χ3v) is 4.29. The van der Waals surface area contributed by atoms with Gasteiger partial charge in [0.05, 0.1) is 0 Å². The minimum Gasteiger partial charge on any atom is -0.342 e. The second-order valence-corrected chi connectivity index (χ2v) is 6.08. The van der Waals surface area contributed by atoms with E-state index in [1.165, 1.54) is 0 Å². The number of nitrogens with zero attached hydrogens (tertiary/aromatic N) is 2. The Bertz CT molecular complexity index is 568. The number of carbonyl (C=O) groups is 2. The third kappa shape index (κ3) is 2.77. The van der Waals surface area contributed by atoms with Crippen molar-refractivity contribution in [2.45, 2.75) is 51.7 Å². The fourth-order valence-electron chi connectivity index (χ4n) is 3.03. The van der Waals surface area contributed by atoms with Crippen LogP contribution in [0.2, 0.25) is 0 Å². The minimum atomic E-state index is -0.368. The molecule has 5 heteroatoms. The molecule has 1 N–H and O–H groups in total. The Balaban J connectivity index is 1.84. The Kier molecular flexibility index (Phi) is 3.66. The lowest BCUT2D eigenvalue weighted by Gasteiger charge is -2.38. The molecule has 112 valence electrons. The molecule has 0 spiro atoms. The maximum atomic E-state index is 12.7. The average Bonchev–Trinajstić information content (AvgIpc) is 3.27. The molecule has 0 bridgehead atoms. The number of nitrogens with one attached hydrogen (secondary N) is 1. The van der Waals surface area contributed by atoms with E-state index in [1.54, 1.807) is 17.3 Å². The van der Waals surface area contributed by atoms with Crippen molar-refractivity contribution in [3.8, 4) is 0 Å². The Labute approximate surface area is 124 Å². The maximum Gasteiger partial charge on any atom is 0.246 e. The van der Waals surface area contributed by atoms with Gasteiger partial charge in [-0.05, 0) is 43.2 Å². The Morgan fingerprint density at radius 2 is 2.10 bits per heavy atom. The van der Waals surface area contributed by atoms with Crippen LogP contribution >= 0.6 is 0 Å². The summed E-state index contributed by atoms with van der Waals surface area (Å²) in [5.74, 6) is 0.373. The molecule has 1 saturated heterocycles. The zero-order chi connectivity index (χ0) is 15.0. The van der Waals surface area contributed by atoms with Crippen molar-refractivity contribution in [2.75, 3.05) is 0 Å². The summed E-state index contributed by atoms with van der Waals surface area (Å²) in [6.07, 6.45) is 6.26. The van der Waals surface area contributed by atoms with Crippen LogP contribution in [0.4, 0.5) is 0 Å². The molecule has 1 aromatic rings. The Morgan fingerprint density at radius 1 is 1.33 bits per heavy atom. The molecule has 0 aromatic carbocycles. The van der Waals surface area contributed by atoms with E-state index in [-0.39, 0.29) is 23.9 Å². The topological polar surface area (TPSA) is 62.3 Å². The van der Waals surface area contributed by atoms with E-state index >= 15 is 0 Å². The summed E-state index contributed by atoms with van der Waals surface area (Å²) >= 11 is 0. The van der Waals surface area contributed by atoms with Gasteiger partial charge in [0.2, 0.25) is 11.8 Å². The summed E-state index contributed by atoms with van der Waals surface area (Å²) in [6.45, 7) is 4.38. The van der Waals surface area contributed by atoms with Crippen molar-refractivity contribution in [2.24, 2.45) is 5.92 Å². The zero-order valence-electron chi connectivity index (χ0n) is 12.5. The van der Waals surface area contributed by atoms with Gasteiger partial charge in [0.15, 0.2) is 0 Å². The van der Waals surface area contributed by atoms with Crippen LogP contribution < -0.4 is 5.32 Å². The number of amides is 2. The van der Waals surface area contributed by atoms with Gasteiger partial charge in [-0.25, -0.2) is 0 Å². The van der Waals surface area contributed by atoms with Gasteiger partial charge in [-0.15, -0.1) is 0 Å². The fraction of sp³-hybridized carbons (Fsp3) is 0.562. The van der Waals surface area contributed by atoms with Gasteiger partial charge in [0.1, 0.15) is 12.1 Å².